The molecule has 0 aromatic heterocycles. The van der Waals surface area contributed by atoms with Crippen LogP contribution in [0.4, 0.5) is 16.2 Å². The molecule has 0 spiro atoms. The van der Waals surface area contributed by atoms with E-state index in [4.69, 9.17) is 4.74 Å². The van der Waals surface area contributed by atoms with Gasteiger partial charge in [-0.25, -0.2) is 0 Å². The Hall–Kier alpha value is -3.96. The summed E-state index contributed by atoms with van der Waals surface area (Å²) in [6.07, 6.45) is 1.51. The number of nitrogens with zero attached hydrogens (tertiary/aromatic N) is 2. The third-order valence-corrected chi connectivity index (χ3v) is 7.08. The number of hydrogen-bond acceptors (Lipinski definition) is 7. The summed E-state index contributed by atoms with van der Waals surface area (Å²) in [4.78, 5) is 50.1. The number of carbonyl (C=O) groups excluding carboxylic acids is 3. The lowest BCUT2D eigenvalue weighted by Gasteiger charge is -2.13. The van der Waals surface area contributed by atoms with E-state index in [-0.39, 0.29) is 35.2 Å². The van der Waals surface area contributed by atoms with E-state index >= 15 is 0 Å². The van der Waals surface area contributed by atoms with Crippen molar-refractivity contribution >= 4 is 62.2 Å². The number of carbonyl (C=O) groups is 3. The summed E-state index contributed by atoms with van der Waals surface area (Å²) in [5.74, 6) is -0.580. The Morgan fingerprint density at radius 1 is 1.13 bits per heavy atom. The fourth-order valence-corrected chi connectivity index (χ4v) is 4.94. The van der Waals surface area contributed by atoms with Gasteiger partial charge in [0.15, 0.2) is 6.61 Å². The number of anilines is 1. The minimum atomic E-state index is -0.572. The van der Waals surface area contributed by atoms with Crippen LogP contribution in [0.25, 0.3) is 6.08 Å². The number of benzene rings is 3. The topological polar surface area (TPSA) is 119 Å². The summed E-state index contributed by atoms with van der Waals surface area (Å²) < 4.78 is 6.47. The Morgan fingerprint density at radius 3 is 2.66 bits per heavy atom. The summed E-state index contributed by atoms with van der Waals surface area (Å²) in [6, 6.07) is 16.8. The van der Waals surface area contributed by atoms with Crippen molar-refractivity contribution in [2.24, 2.45) is 0 Å². The van der Waals surface area contributed by atoms with Crippen molar-refractivity contribution in [3.63, 3.8) is 0 Å². The van der Waals surface area contributed by atoms with Gasteiger partial charge in [-0.05, 0) is 67.1 Å². The number of imide groups is 1. The van der Waals surface area contributed by atoms with Crippen molar-refractivity contribution in [2.45, 2.75) is 20.4 Å². The molecule has 3 aromatic rings. The molecular weight excluding hydrogens is 574 g/mol. The molecule has 0 bridgehead atoms. The monoisotopic (exact) mass is 595 g/mol. The lowest BCUT2D eigenvalue weighted by atomic mass is 10.1. The quantitative estimate of drug-likeness (QED) is 0.186. The number of nitro groups is 1. The molecule has 0 aliphatic carbocycles. The van der Waals surface area contributed by atoms with Gasteiger partial charge in [-0.2, -0.15) is 0 Å². The second kappa shape index (κ2) is 11.6. The van der Waals surface area contributed by atoms with E-state index in [0.717, 1.165) is 27.8 Å². The van der Waals surface area contributed by atoms with Gasteiger partial charge in [-0.3, -0.25) is 29.4 Å². The highest BCUT2D eigenvalue weighted by Crippen LogP contribution is 2.36. The van der Waals surface area contributed by atoms with Crippen LogP contribution >= 0.6 is 27.7 Å². The third-order valence-electron chi connectivity index (χ3n) is 5.67. The molecule has 0 saturated carbocycles. The molecule has 0 unspecified atom stereocenters. The smallest absolute Gasteiger partial charge is 0.293 e. The van der Waals surface area contributed by atoms with Crippen molar-refractivity contribution < 1.29 is 24.0 Å². The van der Waals surface area contributed by atoms with E-state index in [9.17, 15) is 24.5 Å². The number of rotatable bonds is 8. The number of nitro benzene ring substituents is 1. The second-order valence-corrected chi connectivity index (χ2v) is 10.4. The lowest BCUT2D eigenvalue weighted by molar-refractivity contribution is -0.385. The van der Waals surface area contributed by atoms with E-state index < -0.39 is 16.1 Å². The van der Waals surface area contributed by atoms with Gasteiger partial charge in [0, 0.05) is 27.4 Å². The first-order chi connectivity index (χ1) is 18.1. The zero-order valence-electron chi connectivity index (χ0n) is 20.4. The molecule has 1 saturated heterocycles. The van der Waals surface area contributed by atoms with Gasteiger partial charge in [-0.1, -0.05) is 46.3 Å². The summed E-state index contributed by atoms with van der Waals surface area (Å²) >= 11 is 4.12. The molecule has 11 heteroatoms. The minimum absolute atomic E-state index is 0.136. The van der Waals surface area contributed by atoms with Gasteiger partial charge in [0.2, 0.25) is 0 Å². The Bertz CT molecular complexity index is 1490. The number of para-hydroxylation sites is 1. The zero-order chi connectivity index (χ0) is 27.4. The normalized spacial score (nSPS) is 14.2. The van der Waals surface area contributed by atoms with E-state index in [1.54, 1.807) is 24.3 Å². The average Bonchev–Trinajstić information content (AvgIpc) is 3.13. The summed E-state index contributed by atoms with van der Waals surface area (Å²) in [6.45, 7) is 3.34. The number of nitrogens with one attached hydrogen (secondary N) is 1. The van der Waals surface area contributed by atoms with Crippen LogP contribution in [-0.4, -0.2) is 33.5 Å². The zero-order valence-corrected chi connectivity index (χ0v) is 22.8. The molecule has 38 heavy (non-hydrogen) atoms. The fraction of sp³-hybridized carbons (Fsp3) is 0.148. The molecule has 1 N–H and O–H groups in total. The SMILES string of the molecule is Cc1ccc(C)c(NC(=O)COc2ccc(Br)cc2/C=C2\SC(=O)N(Cc3ccccc3[N+](=O)[O-])C2=O)c1. The first kappa shape index (κ1) is 27.1. The van der Waals surface area contributed by atoms with Crippen molar-refractivity contribution in [3.05, 3.63) is 102 Å². The molecule has 1 aliphatic rings. The first-order valence-electron chi connectivity index (χ1n) is 11.4. The Kier molecular flexibility index (Phi) is 8.28. The summed E-state index contributed by atoms with van der Waals surface area (Å²) in [5.41, 5.74) is 3.19. The molecule has 3 amide bonds. The van der Waals surface area contributed by atoms with Crippen molar-refractivity contribution in [1.82, 2.24) is 4.90 Å². The molecular formula is C27H22BrN3O6S. The van der Waals surface area contributed by atoms with Crippen LogP contribution in [-0.2, 0) is 16.1 Å². The van der Waals surface area contributed by atoms with Crippen LogP contribution in [0.15, 0.2) is 70.0 Å². The van der Waals surface area contributed by atoms with Crippen LogP contribution in [0.2, 0.25) is 0 Å². The number of amides is 3. The molecule has 1 heterocycles. The highest BCUT2D eigenvalue weighted by molar-refractivity contribution is 9.10. The first-order valence-corrected chi connectivity index (χ1v) is 13.0. The largest absolute Gasteiger partial charge is 0.483 e. The highest BCUT2D eigenvalue weighted by atomic mass is 79.9. The van der Waals surface area contributed by atoms with Crippen LogP contribution in [0, 0.1) is 24.0 Å². The standard InChI is InChI=1S/C27H22BrN3O6S/c1-16-7-8-17(2)21(11-16)29-25(32)15-37-23-10-9-20(28)12-19(23)13-24-26(33)30(27(34)38-24)14-18-5-3-4-6-22(18)31(35)36/h3-13H,14-15H2,1-2H3,(H,29,32)/b24-13-. The lowest BCUT2D eigenvalue weighted by Crippen LogP contribution is -2.27. The predicted molar refractivity (Wildman–Crippen MR) is 149 cm³/mol. The maximum atomic E-state index is 13.1. The van der Waals surface area contributed by atoms with Crippen LogP contribution in [0.5, 0.6) is 5.75 Å². The van der Waals surface area contributed by atoms with Crippen LogP contribution < -0.4 is 10.1 Å². The maximum absolute atomic E-state index is 13.1. The van der Waals surface area contributed by atoms with Gasteiger partial charge >= 0.3 is 0 Å². The third kappa shape index (κ3) is 6.29. The van der Waals surface area contributed by atoms with E-state index in [1.165, 1.54) is 24.3 Å². The van der Waals surface area contributed by atoms with Crippen molar-refractivity contribution in [3.8, 4) is 5.75 Å². The Balaban J connectivity index is 1.51. The highest BCUT2D eigenvalue weighted by Gasteiger charge is 2.36. The van der Waals surface area contributed by atoms with Crippen molar-refractivity contribution in [1.29, 1.82) is 0 Å². The summed E-state index contributed by atoms with van der Waals surface area (Å²) in [7, 11) is 0. The summed E-state index contributed by atoms with van der Waals surface area (Å²) in [5, 5.41) is 13.6. The number of halogens is 1. The molecule has 3 aromatic carbocycles. The molecule has 9 nitrogen and oxygen atoms in total. The predicted octanol–water partition coefficient (Wildman–Crippen LogP) is 6.23. The van der Waals surface area contributed by atoms with Gasteiger partial charge in [0.1, 0.15) is 5.75 Å². The molecule has 0 atom stereocenters. The van der Waals surface area contributed by atoms with E-state index in [0.29, 0.717) is 21.5 Å². The van der Waals surface area contributed by atoms with E-state index in [1.807, 2.05) is 32.0 Å². The number of thioether (sulfide) groups is 1. The molecule has 1 aliphatic heterocycles. The van der Waals surface area contributed by atoms with Gasteiger partial charge < -0.3 is 10.1 Å². The fourth-order valence-electron chi connectivity index (χ4n) is 3.73. The molecule has 4 rings (SSSR count). The van der Waals surface area contributed by atoms with Crippen molar-refractivity contribution in [2.75, 3.05) is 11.9 Å². The molecule has 194 valence electrons. The van der Waals surface area contributed by atoms with E-state index in [2.05, 4.69) is 21.2 Å². The average molecular weight is 596 g/mol. The second-order valence-electron chi connectivity index (χ2n) is 8.49. The number of ether oxygens (including phenoxy) is 1. The number of aryl methyl sites for hydroxylation is 2. The Labute approximate surface area is 231 Å². The van der Waals surface area contributed by atoms with Gasteiger partial charge in [0.25, 0.3) is 22.7 Å². The van der Waals surface area contributed by atoms with Gasteiger partial charge in [0.05, 0.1) is 16.4 Å². The molecule has 1 fully saturated rings. The maximum Gasteiger partial charge on any atom is 0.293 e. The van der Waals surface area contributed by atoms with Crippen LogP contribution in [0.1, 0.15) is 22.3 Å². The van der Waals surface area contributed by atoms with Gasteiger partial charge in [-0.15, -0.1) is 0 Å². The molecule has 0 radical (unpaired) electrons. The van der Waals surface area contributed by atoms with Crippen LogP contribution in [0.3, 0.4) is 0 Å². The Morgan fingerprint density at radius 2 is 1.89 bits per heavy atom. The number of hydrogen-bond donors (Lipinski definition) is 1. The minimum Gasteiger partial charge on any atom is -0.483 e.